The summed E-state index contributed by atoms with van der Waals surface area (Å²) in [5.41, 5.74) is -4.48. The third kappa shape index (κ3) is 5.72. The molecule has 2 amide bonds. The van der Waals surface area contributed by atoms with Gasteiger partial charge in [-0.05, 0) is 25.0 Å². The van der Waals surface area contributed by atoms with Gasteiger partial charge in [0.05, 0.1) is 17.4 Å². The van der Waals surface area contributed by atoms with Gasteiger partial charge in [-0.1, -0.05) is 12.8 Å². The minimum Gasteiger partial charge on any atom is -0.352 e. The van der Waals surface area contributed by atoms with E-state index in [0.717, 1.165) is 25.7 Å². The van der Waals surface area contributed by atoms with E-state index in [0.29, 0.717) is 0 Å². The van der Waals surface area contributed by atoms with Crippen LogP contribution in [0.1, 0.15) is 36.0 Å². The molecule has 1 aliphatic carbocycles. The van der Waals surface area contributed by atoms with Crippen molar-refractivity contribution in [3.63, 3.8) is 0 Å². The number of thioether (sulfide) groups is 1. The lowest BCUT2D eigenvalue weighted by Crippen LogP contribution is -2.35. The topological polar surface area (TPSA) is 88.9 Å². The molecule has 3 rings (SSSR count). The highest BCUT2D eigenvalue weighted by molar-refractivity contribution is 8.00. The Labute approximate surface area is 163 Å². The SMILES string of the molecule is O=C(Cn1cc(NC(=O)c2cccnc2SC(F)(F)F)cn1)NC1CCCC1. The van der Waals surface area contributed by atoms with Crippen LogP contribution in [0.4, 0.5) is 18.9 Å². The van der Waals surface area contributed by atoms with E-state index in [-0.39, 0.29) is 29.7 Å². The molecule has 1 saturated carbocycles. The van der Waals surface area contributed by atoms with Gasteiger partial charge in [-0.2, -0.15) is 18.3 Å². The van der Waals surface area contributed by atoms with Gasteiger partial charge >= 0.3 is 5.51 Å². The van der Waals surface area contributed by atoms with Crippen LogP contribution < -0.4 is 10.6 Å². The minimum absolute atomic E-state index is 0.00552. The summed E-state index contributed by atoms with van der Waals surface area (Å²) in [6.45, 7) is -0.00552. The van der Waals surface area contributed by atoms with Crippen LogP contribution in [0.15, 0.2) is 35.7 Å². The Morgan fingerprint density at radius 3 is 2.75 bits per heavy atom. The van der Waals surface area contributed by atoms with E-state index in [1.807, 2.05) is 0 Å². The van der Waals surface area contributed by atoms with Gasteiger partial charge in [0.15, 0.2) is 0 Å². The van der Waals surface area contributed by atoms with Crippen LogP contribution in [-0.4, -0.2) is 38.1 Å². The number of carbonyl (C=O) groups is 2. The molecule has 2 aromatic rings. The molecular formula is C17H18F3N5O2S. The van der Waals surface area contributed by atoms with E-state index < -0.39 is 28.2 Å². The Bertz CT molecular complexity index is 849. The summed E-state index contributed by atoms with van der Waals surface area (Å²) in [5, 5.41) is 8.97. The van der Waals surface area contributed by atoms with Gasteiger partial charge in [-0.15, -0.1) is 0 Å². The van der Waals surface area contributed by atoms with Gasteiger partial charge in [0.2, 0.25) is 5.91 Å². The number of pyridine rings is 1. The number of hydrogen-bond donors (Lipinski definition) is 2. The molecule has 150 valence electrons. The van der Waals surface area contributed by atoms with Crippen molar-refractivity contribution < 1.29 is 22.8 Å². The Morgan fingerprint density at radius 1 is 1.29 bits per heavy atom. The van der Waals surface area contributed by atoms with E-state index in [2.05, 4.69) is 20.7 Å². The Kier molecular flexibility index (Phi) is 6.22. The predicted octanol–water partition coefficient (Wildman–Crippen LogP) is 3.20. The summed E-state index contributed by atoms with van der Waals surface area (Å²) in [7, 11) is 0. The van der Waals surface area contributed by atoms with Crippen molar-refractivity contribution >= 4 is 29.3 Å². The maximum atomic E-state index is 12.6. The first kappa shape index (κ1) is 20.2. The average molecular weight is 413 g/mol. The number of hydrogen-bond acceptors (Lipinski definition) is 5. The van der Waals surface area contributed by atoms with Gasteiger partial charge in [0.25, 0.3) is 5.91 Å². The molecule has 0 aliphatic heterocycles. The molecule has 28 heavy (non-hydrogen) atoms. The van der Waals surface area contributed by atoms with Crippen LogP contribution in [0.3, 0.4) is 0 Å². The summed E-state index contributed by atoms with van der Waals surface area (Å²) in [6, 6.07) is 2.83. The number of aromatic nitrogens is 3. The molecule has 7 nitrogen and oxygen atoms in total. The van der Waals surface area contributed by atoms with E-state index in [4.69, 9.17) is 0 Å². The van der Waals surface area contributed by atoms with Crippen LogP contribution in [0, 0.1) is 0 Å². The lowest BCUT2D eigenvalue weighted by molar-refractivity contribution is -0.122. The number of amides is 2. The second-order valence-corrected chi connectivity index (χ2v) is 7.39. The summed E-state index contributed by atoms with van der Waals surface area (Å²) in [6.07, 6.45) is 8.10. The van der Waals surface area contributed by atoms with Crippen molar-refractivity contribution in [3.05, 3.63) is 36.3 Å². The lowest BCUT2D eigenvalue weighted by Gasteiger charge is -2.11. The summed E-state index contributed by atoms with van der Waals surface area (Å²) >= 11 is -0.451. The smallest absolute Gasteiger partial charge is 0.352 e. The normalized spacial score (nSPS) is 14.8. The highest BCUT2D eigenvalue weighted by Crippen LogP contribution is 2.37. The number of alkyl halides is 3. The molecule has 1 fully saturated rings. The molecule has 0 saturated heterocycles. The maximum absolute atomic E-state index is 12.6. The molecule has 0 spiro atoms. The zero-order valence-electron chi connectivity index (χ0n) is 14.7. The predicted molar refractivity (Wildman–Crippen MR) is 96.7 cm³/mol. The molecule has 0 bridgehead atoms. The fraction of sp³-hybridized carbons (Fsp3) is 0.412. The second kappa shape index (κ2) is 8.63. The highest BCUT2D eigenvalue weighted by atomic mass is 32.2. The first-order valence-electron chi connectivity index (χ1n) is 8.64. The Balaban J connectivity index is 1.60. The standard InChI is InChI=1S/C17H18F3N5O2S/c18-17(19,20)28-16-13(6-3-7-21-16)15(27)24-12-8-22-25(9-12)10-14(26)23-11-4-1-2-5-11/h3,6-9,11H,1-2,4-5,10H2,(H,23,26)(H,24,27). The number of rotatable bonds is 6. The zero-order chi connectivity index (χ0) is 20.1. The Hall–Kier alpha value is -2.56. The molecule has 0 aromatic carbocycles. The molecule has 0 unspecified atom stereocenters. The molecule has 11 heteroatoms. The molecular weight excluding hydrogens is 395 g/mol. The first-order valence-corrected chi connectivity index (χ1v) is 9.46. The molecule has 2 N–H and O–H groups in total. The van der Waals surface area contributed by atoms with Crippen molar-refractivity contribution in [2.24, 2.45) is 0 Å². The highest BCUT2D eigenvalue weighted by Gasteiger charge is 2.32. The molecule has 2 aromatic heterocycles. The van der Waals surface area contributed by atoms with E-state index in [1.165, 1.54) is 35.4 Å². The maximum Gasteiger partial charge on any atom is 0.447 e. The van der Waals surface area contributed by atoms with Crippen molar-refractivity contribution in [1.82, 2.24) is 20.1 Å². The largest absolute Gasteiger partial charge is 0.447 e. The van der Waals surface area contributed by atoms with Gasteiger partial charge in [-0.25, -0.2) is 4.98 Å². The number of carbonyl (C=O) groups excluding carboxylic acids is 2. The van der Waals surface area contributed by atoms with Crippen molar-refractivity contribution in [1.29, 1.82) is 0 Å². The average Bonchev–Trinajstić information content (AvgIpc) is 3.26. The van der Waals surface area contributed by atoms with Crippen molar-refractivity contribution in [2.75, 3.05) is 5.32 Å². The lowest BCUT2D eigenvalue weighted by atomic mass is 10.2. The second-order valence-electron chi connectivity index (χ2n) is 6.33. The fourth-order valence-electron chi connectivity index (χ4n) is 2.96. The summed E-state index contributed by atoms with van der Waals surface area (Å²) < 4.78 is 39.2. The van der Waals surface area contributed by atoms with Crippen LogP contribution in [0.5, 0.6) is 0 Å². The monoisotopic (exact) mass is 413 g/mol. The summed E-state index contributed by atoms with van der Waals surface area (Å²) in [5.74, 6) is -0.918. The third-order valence-electron chi connectivity index (χ3n) is 4.15. The molecule has 2 heterocycles. The van der Waals surface area contributed by atoms with Crippen LogP contribution >= 0.6 is 11.8 Å². The van der Waals surface area contributed by atoms with Gasteiger partial charge in [0, 0.05) is 30.2 Å². The quantitative estimate of drug-likeness (QED) is 0.710. The van der Waals surface area contributed by atoms with Crippen molar-refractivity contribution in [2.45, 2.75) is 48.8 Å². The number of nitrogens with one attached hydrogen (secondary N) is 2. The zero-order valence-corrected chi connectivity index (χ0v) is 15.5. The van der Waals surface area contributed by atoms with Crippen molar-refractivity contribution in [3.8, 4) is 0 Å². The van der Waals surface area contributed by atoms with Crippen LogP contribution in [-0.2, 0) is 11.3 Å². The van der Waals surface area contributed by atoms with Gasteiger partial charge < -0.3 is 10.6 Å². The summed E-state index contributed by atoms with van der Waals surface area (Å²) in [4.78, 5) is 28.0. The minimum atomic E-state index is -4.55. The van der Waals surface area contributed by atoms with Crippen LogP contribution in [0.25, 0.3) is 0 Å². The van der Waals surface area contributed by atoms with Crippen LogP contribution in [0.2, 0.25) is 0 Å². The number of anilines is 1. The van der Waals surface area contributed by atoms with Gasteiger partial charge in [0.1, 0.15) is 11.6 Å². The molecule has 0 radical (unpaired) electrons. The molecule has 0 atom stereocenters. The third-order valence-corrected chi connectivity index (χ3v) is 4.90. The van der Waals surface area contributed by atoms with E-state index in [9.17, 15) is 22.8 Å². The molecule has 1 aliphatic rings. The van der Waals surface area contributed by atoms with E-state index >= 15 is 0 Å². The first-order chi connectivity index (χ1) is 13.3. The van der Waals surface area contributed by atoms with E-state index in [1.54, 1.807) is 0 Å². The van der Waals surface area contributed by atoms with Gasteiger partial charge in [-0.3, -0.25) is 14.3 Å². The number of nitrogens with zero attached hydrogens (tertiary/aromatic N) is 3. The fourth-order valence-corrected chi connectivity index (χ4v) is 3.56. The number of halogens is 3. The Morgan fingerprint density at radius 2 is 2.04 bits per heavy atom.